The van der Waals surface area contributed by atoms with Gasteiger partial charge in [0, 0.05) is 24.8 Å². The summed E-state index contributed by atoms with van der Waals surface area (Å²) in [5.74, 6) is 5.67. The Balaban J connectivity index is 2.06. The second-order valence-corrected chi connectivity index (χ2v) is 4.29. The third-order valence-corrected chi connectivity index (χ3v) is 2.96. The Morgan fingerprint density at radius 2 is 2.11 bits per heavy atom. The van der Waals surface area contributed by atoms with Crippen LogP contribution in [-0.4, -0.2) is 35.4 Å². The molecule has 4 nitrogen and oxygen atoms in total. The Morgan fingerprint density at radius 1 is 1.33 bits per heavy atom. The van der Waals surface area contributed by atoms with Crippen molar-refractivity contribution in [2.24, 2.45) is 5.73 Å². The number of carbonyl (C=O) groups excluding carboxylic acids is 1. The van der Waals surface area contributed by atoms with Crippen molar-refractivity contribution in [2.75, 3.05) is 19.6 Å². The molecule has 0 spiro atoms. The number of pyridine rings is 1. The van der Waals surface area contributed by atoms with Crippen LogP contribution in [0.15, 0.2) is 18.3 Å². The molecule has 0 saturated carbocycles. The number of hydrogen-bond donors (Lipinski definition) is 1. The molecule has 1 aromatic rings. The zero-order valence-corrected chi connectivity index (χ0v) is 10.4. The van der Waals surface area contributed by atoms with E-state index in [9.17, 15) is 4.79 Å². The van der Waals surface area contributed by atoms with Crippen molar-refractivity contribution in [3.05, 3.63) is 29.6 Å². The SMILES string of the molecule is NCC#Cc1ccc(C(=O)N2CCCCC2)nc1. The molecular formula is C14H17N3O. The summed E-state index contributed by atoms with van der Waals surface area (Å²) in [6, 6.07) is 3.55. The van der Waals surface area contributed by atoms with Crippen molar-refractivity contribution >= 4 is 5.91 Å². The first-order chi connectivity index (χ1) is 8.81. The van der Waals surface area contributed by atoms with Gasteiger partial charge in [-0.05, 0) is 31.4 Å². The number of likely N-dealkylation sites (tertiary alicyclic amines) is 1. The molecule has 1 aliphatic heterocycles. The fraction of sp³-hybridized carbons (Fsp3) is 0.429. The van der Waals surface area contributed by atoms with Gasteiger partial charge in [-0.1, -0.05) is 11.8 Å². The highest BCUT2D eigenvalue weighted by Gasteiger charge is 2.18. The van der Waals surface area contributed by atoms with E-state index in [1.54, 1.807) is 12.3 Å². The Labute approximate surface area is 107 Å². The summed E-state index contributed by atoms with van der Waals surface area (Å²) in [5, 5.41) is 0. The quantitative estimate of drug-likeness (QED) is 0.749. The standard InChI is InChI=1S/C14H17N3O/c15-8-4-5-12-6-7-13(16-11-12)14(18)17-9-2-1-3-10-17/h6-7,11H,1-3,8-10,15H2. The van der Waals surface area contributed by atoms with Crippen LogP contribution >= 0.6 is 0 Å². The third kappa shape index (κ3) is 3.08. The first-order valence-corrected chi connectivity index (χ1v) is 6.25. The summed E-state index contributed by atoms with van der Waals surface area (Å²) in [7, 11) is 0. The van der Waals surface area contributed by atoms with Crippen molar-refractivity contribution in [1.82, 2.24) is 9.88 Å². The van der Waals surface area contributed by atoms with Gasteiger partial charge in [0.2, 0.25) is 0 Å². The van der Waals surface area contributed by atoms with E-state index in [-0.39, 0.29) is 5.91 Å². The molecule has 1 amide bonds. The highest BCUT2D eigenvalue weighted by molar-refractivity contribution is 5.92. The molecule has 1 aromatic heterocycles. The van der Waals surface area contributed by atoms with Gasteiger partial charge in [-0.25, -0.2) is 4.98 Å². The maximum atomic E-state index is 12.1. The summed E-state index contributed by atoms with van der Waals surface area (Å²) in [6.45, 7) is 2.01. The van der Waals surface area contributed by atoms with E-state index in [2.05, 4.69) is 16.8 Å². The Hall–Kier alpha value is -1.86. The molecule has 94 valence electrons. The summed E-state index contributed by atoms with van der Waals surface area (Å²) < 4.78 is 0. The number of piperidine rings is 1. The highest BCUT2D eigenvalue weighted by atomic mass is 16.2. The van der Waals surface area contributed by atoms with Crippen LogP contribution in [0.4, 0.5) is 0 Å². The van der Waals surface area contributed by atoms with E-state index in [0.717, 1.165) is 31.5 Å². The summed E-state index contributed by atoms with van der Waals surface area (Å²) >= 11 is 0. The smallest absolute Gasteiger partial charge is 0.272 e. The zero-order valence-electron chi connectivity index (χ0n) is 10.4. The number of rotatable bonds is 1. The third-order valence-electron chi connectivity index (χ3n) is 2.96. The van der Waals surface area contributed by atoms with Crippen molar-refractivity contribution < 1.29 is 4.79 Å². The lowest BCUT2D eigenvalue weighted by atomic mass is 10.1. The van der Waals surface area contributed by atoms with Crippen LogP contribution in [0.5, 0.6) is 0 Å². The largest absolute Gasteiger partial charge is 0.337 e. The van der Waals surface area contributed by atoms with Gasteiger partial charge in [0.25, 0.3) is 5.91 Å². The van der Waals surface area contributed by atoms with E-state index in [1.165, 1.54) is 6.42 Å². The number of nitrogens with zero attached hydrogens (tertiary/aromatic N) is 2. The molecular weight excluding hydrogens is 226 g/mol. The van der Waals surface area contributed by atoms with Gasteiger partial charge in [-0.15, -0.1) is 0 Å². The van der Waals surface area contributed by atoms with E-state index in [1.807, 2.05) is 11.0 Å². The fourth-order valence-electron chi connectivity index (χ4n) is 2.01. The predicted molar refractivity (Wildman–Crippen MR) is 69.9 cm³/mol. The predicted octanol–water partition coefficient (Wildman–Crippen LogP) is 1.02. The lowest BCUT2D eigenvalue weighted by Gasteiger charge is -2.26. The van der Waals surface area contributed by atoms with Crippen molar-refractivity contribution in [1.29, 1.82) is 0 Å². The molecule has 2 rings (SSSR count). The molecule has 2 heterocycles. The fourth-order valence-corrected chi connectivity index (χ4v) is 2.01. The molecule has 1 saturated heterocycles. The average molecular weight is 243 g/mol. The molecule has 1 fully saturated rings. The molecule has 0 radical (unpaired) electrons. The van der Waals surface area contributed by atoms with Gasteiger partial charge in [0.05, 0.1) is 6.54 Å². The van der Waals surface area contributed by atoms with E-state index < -0.39 is 0 Å². The Morgan fingerprint density at radius 3 is 2.72 bits per heavy atom. The topological polar surface area (TPSA) is 59.2 Å². The molecule has 18 heavy (non-hydrogen) atoms. The number of amides is 1. The van der Waals surface area contributed by atoms with Crippen LogP contribution in [0.3, 0.4) is 0 Å². The number of hydrogen-bond acceptors (Lipinski definition) is 3. The Bertz CT molecular complexity index is 464. The minimum absolute atomic E-state index is 0.0213. The van der Waals surface area contributed by atoms with Gasteiger partial charge in [0.15, 0.2) is 0 Å². The summed E-state index contributed by atoms with van der Waals surface area (Å²) in [5.41, 5.74) is 6.58. The first-order valence-electron chi connectivity index (χ1n) is 6.25. The molecule has 1 aliphatic rings. The van der Waals surface area contributed by atoms with Crippen molar-refractivity contribution in [2.45, 2.75) is 19.3 Å². The minimum atomic E-state index is 0.0213. The molecule has 0 unspecified atom stereocenters. The normalized spacial score (nSPS) is 14.8. The van der Waals surface area contributed by atoms with Crippen LogP contribution in [-0.2, 0) is 0 Å². The van der Waals surface area contributed by atoms with E-state index in [4.69, 9.17) is 5.73 Å². The van der Waals surface area contributed by atoms with Gasteiger partial charge in [0.1, 0.15) is 5.69 Å². The second kappa shape index (κ2) is 6.18. The summed E-state index contributed by atoms with van der Waals surface area (Å²) in [4.78, 5) is 18.2. The zero-order chi connectivity index (χ0) is 12.8. The second-order valence-electron chi connectivity index (χ2n) is 4.29. The van der Waals surface area contributed by atoms with Gasteiger partial charge in [-0.2, -0.15) is 0 Å². The van der Waals surface area contributed by atoms with Crippen LogP contribution in [0.1, 0.15) is 35.3 Å². The highest BCUT2D eigenvalue weighted by Crippen LogP contribution is 2.12. The first kappa shape index (κ1) is 12.6. The van der Waals surface area contributed by atoms with Crippen LogP contribution in [0.2, 0.25) is 0 Å². The maximum absolute atomic E-state index is 12.1. The molecule has 0 aromatic carbocycles. The number of aromatic nitrogens is 1. The van der Waals surface area contributed by atoms with Crippen LogP contribution in [0, 0.1) is 11.8 Å². The van der Waals surface area contributed by atoms with Gasteiger partial charge < -0.3 is 10.6 Å². The van der Waals surface area contributed by atoms with Gasteiger partial charge >= 0.3 is 0 Å². The van der Waals surface area contributed by atoms with Gasteiger partial charge in [-0.3, -0.25) is 4.79 Å². The van der Waals surface area contributed by atoms with Crippen molar-refractivity contribution in [3.8, 4) is 11.8 Å². The maximum Gasteiger partial charge on any atom is 0.272 e. The molecule has 0 bridgehead atoms. The molecule has 0 aliphatic carbocycles. The molecule has 4 heteroatoms. The minimum Gasteiger partial charge on any atom is -0.337 e. The summed E-state index contributed by atoms with van der Waals surface area (Å²) in [6.07, 6.45) is 5.02. The lowest BCUT2D eigenvalue weighted by Crippen LogP contribution is -2.36. The van der Waals surface area contributed by atoms with E-state index >= 15 is 0 Å². The average Bonchev–Trinajstić information content (AvgIpc) is 2.46. The van der Waals surface area contributed by atoms with Crippen LogP contribution < -0.4 is 5.73 Å². The molecule has 0 atom stereocenters. The Kier molecular flexibility index (Phi) is 4.32. The van der Waals surface area contributed by atoms with Crippen LogP contribution in [0.25, 0.3) is 0 Å². The monoisotopic (exact) mass is 243 g/mol. The van der Waals surface area contributed by atoms with Crippen molar-refractivity contribution in [3.63, 3.8) is 0 Å². The lowest BCUT2D eigenvalue weighted by molar-refractivity contribution is 0.0718. The molecule has 2 N–H and O–H groups in total. The number of carbonyl (C=O) groups is 1. The van der Waals surface area contributed by atoms with E-state index in [0.29, 0.717) is 12.2 Å². The number of nitrogens with two attached hydrogens (primary N) is 1.